The molecular weight excluding hydrogens is 690 g/mol. The van der Waals surface area contributed by atoms with Crippen molar-refractivity contribution in [3.8, 4) is 0 Å². The predicted molar refractivity (Wildman–Crippen MR) is 185 cm³/mol. The highest BCUT2D eigenvalue weighted by Crippen LogP contribution is 2.11. The van der Waals surface area contributed by atoms with Crippen molar-refractivity contribution in [3.63, 3.8) is 0 Å². The molecule has 5 amide bonds. The molecule has 0 unspecified atom stereocenters. The molecule has 21 nitrogen and oxygen atoms in total. The predicted octanol–water partition coefficient (Wildman–Crippen LogP) is -3.31. The van der Waals surface area contributed by atoms with E-state index in [1.165, 1.54) is 0 Å². The van der Waals surface area contributed by atoms with Crippen molar-refractivity contribution in [2.75, 3.05) is 13.2 Å². The molecule has 0 heterocycles. The Bertz CT molecular complexity index is 1270. The molecule has 0 bridgehead atoms. The second kappa shape index (κ2) is 24.2. The van der Waals surface area contributed by atoms with Crippen LogP contribution in [-0.2, 0) is 38.4 Å². The van der Waals surface area contributed by atoms with E-state index in [-0.39, 0.29) is 50.0 Å². The number of carbonyl (C=O) groups excluding carboxylic acids is 5. The Balaban J connectivity index is 6.24. The molecule has 296 valence electrons. The van der Waals surface area contributed by atoms with Crippen LogP contribution in [0.4, 0.5) is 0 Å². The lowest BCUT2D eigenvalue weighted by atomic mass is 9.99. The lowest BCUT2D eigenvalue weighted by Crippen LogP contribution is -2.59. The van der Waals surface area contributed by atoms with E-state index in [1.54, 1.807) is 27.7 Å². The largest absolute Gasteiger partial charge is 0.481 e. The maximum atomic E-state index is 13.6. The fourth-order valence-electron chi connectivity index (χ4n) is 4.69. The van der Waals surface area contributed by atoms with Gasteiger partial charge in [-0.15, -0.1) is 0 Å². The number of carboxylic acids is 3. The van der Waals surface area contributed by atoms with Gasteiger partial charge in [-0.25, -0.2) is 4.79 Å². The van der Waals surface area contributed by atoms with Gasteiger partial charge in [-0.3, -0.25) is 38.6 Å². The number of nitrogens with one attached hydrogen (secondary N) is 5. The highest BCUT2D eigenvalue weighted by atomic mass is 16.4. The number of hydrogen-bond acceptors (Lipinski definition) is 11. The summed E-state index contributed by atoms with van der Waals surface area (Å²) in [6, 6.07) is -8.47. The van der Waals surface area contributed by atoms with E-state index in [9.17, 15) is 58.8 Å². The third kappa shape index (κ3) is 20.0. The molecule has 0 aromatic heterocycles. The minimum atomic E-state index is -1.62. The second-order valence-electron chi connectivity index (χ2n) is 13.0. The van der Waals surface area contributed by atoms with Gasteiger partial charge in [0.2, 0.25) is 29.5 Å². The van der Waals surface area contributed by atoms with Gasteiger partial charge in [-0.05, 0) is 50.4 Å². The smallest absolute Gasteiger partial charge is 0.326 e. The first kappa shape index (κ1) is 46.9. The summed E-state index contributed by atoms with van der Waals surface area (Å²) in [5, 5.41) is 49.3. The van der Waals surface area contributed by atoms with Crippen molar-refractivity contribution in [3.05, 3.63) is 0 Å². The number of aliphatic imine (C=N–C) groups is 1. The molecule has 0 spiro atoms. The molecular formula is C31H55N9O12. The van der Waals surface area contributed by atoms with E-state index < -0.39 is 116 Å². The van der Waals surface area contributed by atoms with Crippen molar-refractivity contribution < 1.29 is 58.8 Å². The fraction of sp³-hybridized carbons (Fsp3) is 0.710. The van der Waals surface area contributed by atoms with Gasteiger partial charge < -0.3 is 64.2 Å². The SMILES string of the molecule is CC(C)C[C@H](NC(=O)[C@H](CC(C)C)NC(=O)[C@@H](N)CO)C(=O)N[C@@H](CCC(=O)O)C(=O)N[C@@H](CCC(=O)O)C(=O)N[C@@H](CCCN=C(N)N)C(=O)O. The quantitative estimate of drug-likeness (QED) is 0.0234. The molecule has 0 saturated heterocycles. The number of carboxylic acid groups (broad SMARTS) is 3. The Morgan fingerprint density at radius 1 is 0.577 bits per heavy atom. The zero-order valence-corrected chi connectivity index (χ0v) is 29.9. The average molecular weight is 746 g/mol. The first-order valence-corrected chi connectivity index (χ1v) is 16.8. The van der Waals surface area contributed by atoms with E-state index in [1.807, 2.05) is 0 Å². The molecule has 0 aliphatic rings. The number of aliphatic hydroxyl groups is 1. The summed E-state index contributed by atoms with van der Waals surface area (Å²) in [6.45, 7) is 6.42. The number of carbonyl (C=O) groups is 8. The molecule has 15 N–H and O–H groups in total. The lowest BCUT2D eigenvalue weighted by Gasteiger charge is -2.28. The highest BCUT2D eigenvalue weighted by Gasteiger charge is 2.33. The van der Waals surface area contributed by atoms with Crippen LogP contribution in [0.25, 0.3) is 0 Å². The number of hydrogen-bond donors (Lipinski definition) is 12. The lowest BCUT2D eigenvalue weighted by molar-refractivity contribution is -0.143. The van der Waals surface area contributed by atoms with Crippen LogP contribution in [0.5, 0.6) is 0 Å². The van der Waals surface area contributed by atoms with Gasteiger partial charge >= 0.3 is 17.9 Å². The van der Waals surface area contributed by atoms with Crippen molar-refractivity contribution in [2.45, 2.75) is 115 Å². The Kier molecular flexibility index (Phi) is 21.8. The van der Waals surface area contributed by atoms with Gasteiger partial charge in [-0.1, -0.05) is 27.7 Å². The number of nitrogens with two attached hydrogens (primary N) is 3. The molecule has 6 atom stereocenters. The van der Waals surface area contributed by atoms with E-state index in [0.717, 1.165) is 0 Å². The van der Waals surface area contributed by atoms with Crippen LogP contribution in [0, 0.1) is 11.8 Å². The zero-order valence-electron chi connectivity index (χ0n) is 29.9. The summed E-state index contributed by atoms with van der Waals surface area (Å²) in [5.74, 6) is -9.27. The first-order chi connectivity index (χ1) is 24.2. The summed E-state index contributed by atoms with van der Waals surface area (Å²) in [4.78, 5) is 104. The van der Waals surface area contributed by atoms with Crippen molar-refractivity contribution in [1.82, 2.24) is 26.6 Å². The molecule has 21 heteroatoms. The van der Waals surface area contributed by atoms with Crippen LogP contribution in [0.15, 0.2) is 4.99 Å². The Morgan fingerprint density at radius 3 is 1.29 bits per heavy atom. The fourth-order valence-corrected chi connectivity index (χ4v) is 4.69. The van der Waals surface area contributed by atoms with Crippen LogP contribution in [0.2, 0.25) is 0 Å². The molecule has 0 aliphatic heterocycles. The van der Waals surface area contributed by atoms with Crippen LogP contribution in [0.1, 0.15) is 79.1 Å². The Morgan fingerprint density at radius 2 is 0.942 bits per heavy atom. The summed E-state index contributed by atoms with van der Waals surface area (Å²) in [7, 11) is 0. The van der Waals surface area contributed by atoms with Gasteiger partial charge in [0, 0.05) is 19.4 Å². The van der Waals surface area contributed by atoms with Gasteiger partial charge in [0.15, 0.2) is 5.96 Å². The van der Waals surface area contributed by atoms with Crippen LogP contribution in [0.3, 0.4) is 0 Å². The maximum absolute atomic E-state index is 13.6. The van der Waals surface area contributed by atoms with E-state index in [0.29, 0.717) is 0 Å². The summed E-state index contributed by atoms with van der Waals surface area (Å²) in [6.07, 6.45) is -2.07. The van der Waals surface area contributed by atoms with Gasteiger partial charge in [-0.2, -0.15) is 0 Å². The summed E-state index contributed by atoms with van der Waals surface area (Å²) >= 11 is 0. The number of nitrogens with zero attached hydrogens (tertiary/aromatic N) is 1. The topological polar surface area (TPSA) is 368 Å². The Labute approximate surface area is 301 Å². The van der Waals surface area contributed by atoms with E-state index in [2.05, 4.69) is 31.6 Å². The minimum absolute atomic E-state index is 0.0345. The zero-order chi connectivity index (χ0) is 40.1. The van der Waals surface area contributed by atoms with Crippen LogP contribution >= 0.6 is 0 Å². The van der Waals surface area contributed by atoms with Crippen LogP contribution in [-0.4, -0.2) is 123 Å². The van der Waals surface area contributed by atoms with E-state index >= 15 is 0 Å². The molecule has 0 aromatic carbocycles. The summed E-state index contributed by atoms with van der Waals surface area (Å²) in [5.41, 5.74) is 16.1. The molecule has 0 rings (SSSR count). The van der Waals surface area contributed by atoms with Crippen molar-refractivity contribution >= 4 is 53.4 Å². The van der Waals surface area contributed by atoms with Gasteiger partial charge in [0.1, 0.15) is 36.3 Å². The van der Waals surface area contributed by atoms with Gasteiger partial charge in [0.05, 0.1) is 6.61 Å². The number of aliphatic hydroxyl groups excluding tert-OH is 1. The van der Waals surface area contributed by atoms with Crippen molar-refractivity contribution in [1.29, 1.82) is 0 Å². The monoisotopic (exact) mass is 745 g/mol. The number of guanidine groups is 1. The third-order valence-corrected chi connectivity index (χ3v) is 7.33. The van der Waals surface area contributed by atoms with E-state index in [4.69, 9.17) is 17.2 Å². The molecule has 0 saturated carbocycles. The highest BCUT2D eigenvalue weighted by molar-refractivity contribution is 5.96. The minimum Gasteiger partial charge on any atom is -0.481 e. The molecule has 0 aliphatic carbocycles. The van der Waals surface area contributed by atoms with Crippen LogP contribution < -0.4 is 43.8 Å². The molecule has 52 heavy (non-hydrogen) atoms. The van der Waals surface area contributed by atoms with Gasteiger partial charge in [0.25, 0.3) is 0 Å². The normalized spacial score (nSPS) is 14.5. The average Bonchev–Trinajstić information content (AvgIpc) is 3.03. The Hall–Kier alpha value is -5.05. The second-order valence-corrected chi connectivity index (χ2v) is 13.0. The number of amides is 5. The maximum Gasteiger partial charge on any atom is 0.326 e. The van der Waals surface area contributed by atoms with Crippen molar-refractivity contribution in [2.24, 2.45) is 34.0 Å². The number of rotatable bonds is 26. The first-order valence-electron chi connectivity index (χ1n) is 16.8. The molecule has 0 radical (unpaired) electrons. The summed E-state index contributed by atoms with van der Waals surface area (Å²) < 4.78 is 0. The molecule has 0 fully saturated rings. The number of aliphatic carboxylic acids is 3. The third-order valence-electron chi connectivity index (χ3n) is 7.33. The standard InChI is InChI=1S/C31H55N9O12/c1-15(2)12-21(39-25(46)17(32)14-41)29(50)40-22(13-16(3)4)28(49)37-18(7-9-23(42)43)26(47)36-19(8-10-24(44)45)27(48)38-20(30(51)52)6-5-11-35-31(33)34/h15-22,41H,5-14,32H2,1-4H3,(H,36,47)(H,37,49)(H,38,48)(H,39,46)(H,40,50)(H,42,43)(H,44,45)(H,51,52)(H4,33,34,35)/t17-,18-,19-,20-,21-,22-/m0/s1. The molecule has 0 aromatic rings.